The first-order valence-electron chi connectivity index (χ1n) is 5.90. The molecule has 0 spiro atoms. The smallest absolute Gasteiger partial charge is 0.193 e. The largest absolute Gasteiger partial charge is 0.330 e. The number of carbonyl (C=O) groups excluding carboxylic acids is 1. The van der Waals surface area contributed by atoms with Crippen molar-refractivity contribution in [3.63, 3.8) is 0 Å². The van der Waals surface area contributed by atoms with E-state index in [1.165, 1.54) is 6.07 Å². The molecule has 98 valence electrons. The molecule has 0 fully saturated rings. The van der Waals surface area contributed by atoms with E-state index < -0.39 is 11.6 Å². The number of halogens is 2. The van der Waals surface area contributed by atoms with Gasteiger partial charge in [-0.2, -0.15) is 0 Å². The van der Waals surface area contributed by atoms with Crippen molar-refractivity contribution in [3.8, 4) is 0 Å². The van der Waals surface area contributed by atoms with Crippen molar-refractivity contribution < 1.29 is 13.6 Å². The molecule has 0 amide bonds. The second-order valence-corrected chi connectivity index (χ2v) is 4.20. The molecule has 19 heavy (non-hydrogen) atoms. The maximum atomic E-state index is 13.1. The third-order valence-corrected chi connectivity index (χ3v) is 2.80. The van der Waals surface area contributed by atoms with E-state index in [0.29, 0.717) is 18.5 Å². The fourth-order valence-corrected chi connectivity index (χ4v) is 1.84. The van der Waals surface area contributed by atoms with Crippen molar-refractivity contribution >= 4 is 5.78 Å². The van der Waals surface area contributed by atoms with Crippen LogP contribution in [0.3, 0.4) is 0 Å². The van der Waals surface area contributed by atoms with Gasteiger partial charge in [0.05, 0.1) is 0 Å². The van der Waals surface area contributed by atoms with Gasteiger partial charge in [-0.3, -0.25) is 4.79 Å². The molecule has 2 rings (SSSR count). The number of hydrogen-bond donors (Lipinski definition) is 1. The molecule has 0 aliphatic heterocycles. The minimum Gasteiger partial charge on any atom is -0.330 e. The molecule has 2 aromatic carbocycles. The second kappa shape index (κ2) is 5.71. The summed E-state index contributed by atoms with van der Waals surface area (Å²) in [4.78, 5) is 12.1. The summed E-state index contributed by atoms with van der Waals surface area (Å²) in [5.41, 5.74) is 6.97. The van der Waals surface area contributed by atoms with E-state index in [0.717, 1.165) is 17.7 Å². The average Bonchev–Trinajstić information content (AvgIpc) is 2.42. The van der Waals surface area contributed by atoms with Gasteiger partial charge in [0.1, 0.15) is 0 Å². The number of ketones is 1. The van der Waals surface area contributed by atoms with Gasteiger partial charge in [0.15, 0.2) is 17.4 Å². The van der Waals surface area contributed by atoms with Crippen molar-refractivity contribution in [1.82, 2.24) is 0 Å². The van der Waals surface area contributed by atoms with Gasteiger partial charge in [-0.05, 0) is 42.8 Å². The third kappa shape index (κ3) is 3.03. The van der Waals surface area contributed by atoms with Crippen LogP contribution in [-0.2, 0) is 6.42 Å². The van der Waals surface area contributed by atoms with Crippen LogP contribution in [-0.4, -0.2) is 12.3 Å². The van der Waals surface area contributed by atoms with Crippen LogP contribution in [0, 0.1) is 11.6 Å². The maximum Gasteiger partial charge on any atom is 0.193 e. The minimum absolute atomic E-state index is 0.129. The lowest BCUT2D eigenvalue weighted by Crippen LogP contribution is -2.06. The molecule has 0 aliphatic carbocycles. The lowest BCUT2D eigenvalue weighted by atomic mass is 10.0. The zero-order chi connectivity index (χ0) is 13.8. The van der Waals surface area contributed by atoms with E-state index in [1.54, 1.807) is 18.2 Å². The van der Waals surface area contributed by atoms with Crippen LogP contribution < -0.4 is 5.73 Å². The van der Waals surface area contributed by atoms with Gasteiger partial charge >= 0.3 is 0 Å². The van der Waals surface area contributed by atoms with Crippen molar-refractivity contribution in [1.29, 1.82) is 0 Å². The molecule has 0 aliphatic rings. The average molecular weight is 261 g/mol. The summed E-state index contributed by atoms with van der Waals surface area (Å²) < 4.78 is 25.9. The van der Waals surface area contributed by atoms with E-state index >= 15 is 0 Å². The number of benzene rings is 2. The summed E-state index contributed by atoms with van der Waals surface area (Å²) in [6.07, 6.45) is 0.666. The van der Waals surface area contributed by atoms with Crippen LogP contribution >= 0.6 is 0 Å². The van der Waals surface area contributed by atoms with Gasteiger partial charge in [0.25, 0.3) is 0 Å². The molecule has 0 saturated heterocycles. The lowest BCUT2D eigenvalue weighted by Gasteiger charge is -2.04. The number of hydrogen-bond acceptors (Lipinski definition) is 2. The Balaban J connectivity index is 2.32. The van der Waals surface area contributed by atoms with Crippen molar-refractivity contribution in [2.24, 2.45) is 5.73 Å². The highest BCUT2D eigenvalue weighted by atomic mass is 19.2. The molecule has 0 heterocycles. The first kappa shape index (κ1) is 13.4. The van der Waals surface area contributed by atoms with Crippen LogP contribution in [0.4, 0.5) is 8.78 Å². The Morgan fingerprint density at radius 3 is 2.42 bits per heavy atom. The molecular weight excluding hydrogens is 248 g/mol. The van der Waals surface area contributed by atoms with Crippen LogP contribution in [0.15, 0.2) is 42.5 Å². The van der Waals surface area contributed by atoms with Gasteiger partial charge in [-0.25, -0.2) is 8.78 Å². The van der Waals surface area contributed by atoms with Gasteiger partial charge in [0, 0.05) is 11.1 Å². The quantitative estimate of drug-likeness (QED) is 0.860. The summed E-state index contributed by atoms with van der Waals surface area (Å²) in [7, 11) is 0. The van der Waals surface area contributed by atoms with E-state index in [2.05, 4.69) is 0 Å². The molecule has 2 N–H and O–H groups in total. The predicted molar refractivity (Wildman–Crippen MR) is 69.0 cm³/mol. The molecule has 2 nitrogen and oxygen atoms in total. The van der Waals surface area contributed by atoms with Crippen molar-refractivity contribution in [2.75, 3.05) is 6.54 Å². The summed E-state index contributed by atoms with van der Waals surface area (Å²) in [5.74, 6) is -2.32. The SMILES string of the molecule is NCCc1cccc(C(=O)c2ccc(F)c(F)c2)c1. The number of rotatable bonds is 4. The van der Waals surface area contributed by atoms with E-state index in [1.807, 2.05) is 6.07 Å². The first-order chi connectivity index (χ1) is 9.11. The van der Waals surface area contributed by atoms with E-state index in [4.69, 9.17) is 5.73 Å². The number of carbonyl (C=O) groups is 1. The molecule has 0 unspecified atom stereocenters. The first-order valence-corrected chi connectivity index (χ1v) is 5.90. The van der Waals surface area contributed by atoms with Crippen molar-refractivity contribution in [2.45, 2.75) is 6.42 Å². The molecule has 0 radical (unpaired) electrons. The molecule has 0 bridgehead atoms. The van der Waals surface area contributed by atoms with E-state index in [-0.39, 0.29) is 11.3 Å². The van der Waals surface area contributed by atoms with Crippen LogP contribution in [0.2, 0.25) is 0 Å². The molecule has 2 aromatic rings. The zero-order valence-corrected chi connectivity index (χ0v) is 10.2. The Hall–Kier alpha value is -2.07. The highest BCUT2D eigenvalue weighted by Crippen LogP contribution is 2.15. The molecular formula is C15H13F2NO. The minimum atomic E-state index is -1.02. The molecule has 0 atom stereocenters. The summed E-state index contributed by atoms with van der Waals surface area (Å²) in [6, 6.07) is 10.1. The van der Waals surface area contributed by atoms with Gasteiger partial charge in [-0.15, -0.1) is 0 Å². The van der Waals surface area contributed by atoms with Crippen LogP contribution in [0.5, 0.6) is 0 Å². The maximum absolute atomic E-state index is 13.1. The fourth-order valence-electron chi connectivity index (χ4n) is 1.84. The summed E-state index contributed by atoms with van der Waals surface area (Å²) in [5, 5.41) is 0. The second-order valence-electron chi connectivity index (χ2n) is 4.20. The summed E-state index contributed by atoms with van der Waals surface area (Å²) >= 11 is 0. The topological polar surface area (TPSA) is 43.1 Å². The van der Waals surface area contributed by atoms with Gasteiger partial charge < -0.3 is 5.73 Å². The van der Waals surface area contributed by atoms with Crippen LogP contribution in [0.25, 0.3) is 0 Å². The Bertz CT molecular complexity index is 611. The Morgan fingerprint density at radius 2 is 1.74 bits per heavy atom. The monoisotopic (exact) mass is 261 g/mol. The van der Waals surface area contributed by atoms with Crippen molar-refractivity contribution in [3.05, 3.63) is 70.8 Å². The van der Waals surface area contributed by atoms with E-state index in [9.17, 15) is 13.6 Å². The Kier molecular flexibility index (Phi) is 4.02. The van der Waals surface area contributed by atoms with Gasteiger partial charge in [0.2, 0.25) is 0 Å². The highest BCUT2D eigenvalue weighted by Gasteiger charge is 2.12. The summed E-state index contributed by atoms with van der Waals surface area (Å²) in [6.45, 7) is 0.489. The zero-order valence-electron chi connectivity index (χ0n) is 10.2. The molecule has 0 aromatic heterocycles. The Labute approximate surface area is 109 Å². The standard InChI is InChI=1S/C15H13F2NO/c16-13-5-4-12(9-14(13)17)15(19)11-3-1-2-10(8-11)6-7-18/h1-5,8-9H,6-7,18H2. The van der Waals surface area contributed by atoms with Gasteiger partial charge in [-0.1, -0.05) is 18.2 Å². The third-order valence-electron chi connectivity index (χ3n) is 2.80. The molecule has 0 saturated carbocycles. The van der Waals surface area contributed by atoms with Crippen LogP contribution in [0.1, 0.15) is 21.5 Å². The normalized spacial score (nSPS) is 10.5. The predicted octanol–water partition coefficient (Wildman–Crippen LogP) is 2.70. The molecule has 4 heteroatoms. The highest BCUT2D eigenvalue weighted by molar-refractivity contribution is 6.09. The number of nitrogens with two attached hydrogens (primary N) is 1. The Morgan fingerprint density at radius 1 is 1.00 bits per heavy atom. The fraction of sp³-hybridized carbons (Fsp3) is 0.133. The lowest BCUT2D eigenvalue weighted by molar-refractivity contribution is 0.103.